The minimum atomic E-state index is -0.898. The molecule has 3 heteroatoms. The van der Waals surface area contributed by atoms with Gasteiger partial charge in [0.1, 0.15) is 5.72 Å². The van der Waals surface area contributed by atoms with Gasteiger partial charge in [-0.15, -0.1) is 0 Å². The van der Waals surface area contributed by atoms with Gasteiger partial charge >= 0.3 is 0 Å². The lowest BCUT2D eigenvalue weighted by atomic mass is 10.1. The van der Waals surface area contributed by atoms with E-state index in [1.165, 1.54) is 0 Å². The highest BCUT2D eigenvalue weighted by atomic mass is 16.3. The SMILES string of the molecule is CN1CCCC(N)(O)CC1. The molecule has 1 aliphatic rings. The molecule has 0 amide bonds. The van der Waals surface area contributed by atoms with Crippen LogP contribution in [-0.2, 0) is 0 Å². The predicted octanol–water partition coefficient (Wildman–Crippen LogP) is -0.251. The first kappa shape index (κ1) is 7.98. The Morgan fingerprint density at radius 2 is 2.10 bits per heavy atom. The van der Waals surface area contributed by atoms with Crippen LogP contribution in [0.2, 0.25) is 0 Å². The first-order chi connectivity index (χ1) is 4.60. The number of likely N-dealkylation sites (tertiary alicyclic amines) is 1. The van der Waals surface area contributed by atoms with E-state index in [-0.39, 0.29) is 0 Å². The predicted molar refractivity (Wildman–Crippen MR) is 40.5 cm³/mol. The van der Waals surface area contributed by atoms with Gasteiger partial charge in [-0.05, 0) is 26.4 Å². The molecule has 0 saturated carbocycles. The number of nitrogens with two attached hydrogens (primary N) is 1. The number of rotatable bonds is 0. The van der Waals surface area contributed by atoms with Crippen molar-refractivity contribution in [2.24, 2.45) is 5.73 Å². The molecule has 1 rings (SSSR count). The third kappa shape index (κ3) is 2.25. The molecule has 3 N–H and O–H groups in total. The summed E-state index contributed by atoms with van der Waals surface area (Å²) in [6.07, 6.45) is 2.43. The van der Waals surface area contributed by atoms with E-state index in [1.807, 2.05) is 0 Å². The molecule has 0 aromatic carbocycles. The molecule has 3 nitrogen and oxygen atoms in total. The van der Waals surface area contributed by atoms with Gasteiger partial charge < -0.3 is 15.7 Å². The highest BCUT2D eigenvalue weighted by molar-refractivity contribution is 4.76. The van der Waals surface area contributed by atoms with Crippen molar-refractivity contribution in [1.82, 2.24) is 4.90 Å². The molecule has 0 aromatic heterocycles. The maximum absolute atomic E-state index is 9.42. The van der Waals surface area contributed by atoms with Gasteiger partial charge in [0.25, 0.3) is 0 Å². The Hall–Kier alpha value is -0.120. The van der Waals surface area contributed by atoms with Crippen molar-refractivity contribution in [2.45, 2.75) is 25.0 Å². The Labute approximate surface area is 61.8 Å². The van der Waals surface area contributed by atoms with E-state index in [4.69, 9.17) is 5.73 Å². The standard InChI is InChI=1S/C7H16N2O/c1-9-5-2-3-7(8,10)4-6-9/h10H,2-6,8H2,1H3. The average Bonchev–Trinajstić information content (AvgIpc) is 1.94. The highest BCUT2D eigenvalue weighted by Crippen LogP contribution is 2.15. The van der Waals surface area contributed by atoms with E-state index in [0.717, 1.165) is 25.9 Å². The molecule has 1 aliphatic heterocycles. The molecule has 0 radical (unpaired) electrons. The van der Waals surface area contributed by atoms with Crippen LogP contribution in [0, 0.1) is 0 Å². The summed E-state index contributed by atoms with van der Waals surface area (Å²) in [5.74, 6) is 0. The van der Waals surface area contributed by atoms with Crippen LogP contribution in [0.15, 0.2) is 0 Å². The Bertz CT molecular complexity index is 114. The molecule has 0 spiro atoms. The third-order valence-corrected chi connectivity index (χ3v) is 2.08. The molecule has 1 fully saturated rings. The fraction of sp³-hybridized carbons (Fsp3) is 1.00. The van der Waals surface area contributed by atoms with Crippen molar-refractivity contribution < 1.29 is 5.11 Å². The molecule has 0 bridgehead atoms. The average molecular weight is 144 g/mol. The van der Waals surface area contributed by atoms with Crippen molar-refractivity contribution in [3.05, 3.63) is 0 Å². The smallest absolute Gasteiger partial charge is 0.114 e. The van der Waals surface area contributed by atoms with Crippen molar-refractivity contribution in [1.29, 1.82) is 0 Å². The summed E-state index contributed by atoms with van der Waals surface area (Å²) in [7, 11) is 2.06. The van der Waals surface area contributed by atoms with E-state index in [1.54, 1.807) is 0 Å². The van der Waals surface area contributed by atoms with Crippen molar-refractivity contribution in [3.63, 3.8) is 0 Å². The van der Waals surface area contributed by atoms with Gasteiger partial charge in [-0.25, -0.2) is 0 Å². The summed E-state index contributed by atoms with van der Waals surface area (Å²) in [4.78, 5) is 2.20. The van der Waals surface area contributed by atoms with Gasteiger partial charge in [-0.1, -0.05) is 0 Å². The number of hydrogen-bond acceptors (Lipinski definition) is 3. The van der Waals surface area contributed by atoms with Gasteiger partial charge in [0.2, 0.25) is 0 Å². The van der Waals surface area contributed by atoms with Crippen LogP contribution >= 0.6 is 0 Å². The Morgan fingerprint density at radius 3 is 2.80 bits per heavy atom. The Morgan fingerprint density at radius 1 is 1.40 bits per heavy atom. The normalized spacial score (nSPS) is 37.5. The van der Waals surface area contributed by atoms with Gasteiger partial charge in [0.15, 0.2) is 0 Å². The first-order valence-corrected chi connectivity index (χ1v) is 3.80. The summed E-state index contributed by atoms with van der Waals surface area (Å²) in [5.41, 5.74) is 4.67. The molecule has 60 valence electrons. The minimum absolute atomic E-state index is 0.698. The zero-order valence-corrected chi connectivity index (χ0v) is 6.51. The monoisotopic (exact) mass is 144 g/mol. The first-order valence-electron chi connectivity index (χ1n) is 3.80. The summed E-state index contributed by atoms with van der Waals surface area (Å²) in [6, 6.07) is 0. The van der Waals surface area contributed by atoms with E-state index < -0.39 is 5.72 Å². The molecular formula is C7H16N2O. The Kier molecular flexibility index (Phi) is 2.28. The fourth-order valence-electron chi connectivity index (χ4n) is 1.28. The molecule has 1 saturated heterocycles. The zero-order chi connectivity index (χ0) is 7.61. The molecule has 0 aliphatic carbocycles. The van der Waals surface area contributed by atoms with E-state index in [9.17, 15) is 5.11 Å². The van der Waals surface area contributed by atoms with Gasteiger partial charge in [-0.3, -0.25) is 0 Å². The van der Waals surface area contributed by atoms with Crippen molar-refractivity contribution >= 4 is 0 Å². The molecule has 10 heavy (non-hydrogen) atoms. The summed E-state index contributed by atoms with van der Waals surface area (Å²) < 4.78 is 0. The molecule has 1 heterocycles. The van der Waals surface area contributed by atoms with Gasteiger partial charge in [-0.2, -0.15) is 0 Å². The second kappa shape index (κ2) is 2.86. The Balaban J connectivity index is 2.41. The van der Waals surface area contributed by atoms with Crippen LogP contribution in [0.3, 0.4) is 0 Å². The largest absolute Gasteiger partial charge is 0.376 e. The molecule has 1 unspecified atom stereocenters. The maximum atomic E-state index is 9.42. The fourth-order valence-corrected chi connectivity index (χ4v) is 1.28. The van der Waals surface area contributed by atoms with Gasteiger partial charge in [0, 0.05) is 13.0 Å². The molecule has 0 aromatic rings. The second-order valence-corrected chi connectivity index (χ2v) is 3.26. The van der Waals surface area contributed by atoms with Crippen LogP contribution in [-0.4, -0.2) is 35.9 Å². The summed E-state index contributed by atoms with van der Waals surface area (Å²) >= 11 is 0. The van der Waals surface area contributed by atoms with Crippen LogP contribution in [0.4, 0.5) is 0 Å². The van der Waals surface area contributed by atoms with Crippen molar-refractivity contribution in [3.8, 4) is 0 Å². The van der Waals surface area contributed by atoms with E-state index in [2.05, 4.69) is 11.9 Å². The van der Waals surface area contributed by atoms with Crippen LogP contribution in [0.5, 0.6) is 0 Å². The minimum Gasteiger partial charge on any atom is -0.376 e. The van der Waals surface area contributed by atoms with Gasteiger partial charge in [0.05, 0.1) is 0 Å². The third-order valence-electron chi connectivity index (χ3n) is 2.08. The highest BCUT2D eigenvalue weighted by Gasteiger charge is 2.23. The quantitative estimate of drug-likeness (QED) is 0.461. The van der Waals surface area contributed by atoms with Crippen LogP contribution < -0.4 is 5.73 Å². The lowest BCUT2D eigenvalue weighted by Gasteiger charge is -2.20. The van der Waals surface area contributed by atoms with Crippen LogP contribution in [0.1, 0.15) is 19.3 Å². The second-order valence-electron chi connectivity index (χ2n) is 3.26. The maximum Gasteiger partial charge on any atom is 0.114 e. The van der Waals surface area contributed by atoms with Crippen molar-refractivity contribution in [2.75, 3.05) is 20.1 Å². The topological polar surface area (TPSA) is 49.5 Å². The van der Waals surface area contributed by atoms with Crippen LogP contribution in [0.25, 0.3) is 0 Å². The molecular weight excluding hydrogens is 128 g/mol. The summed E-state index contributed by atoms with van der Waals surface area (Å²) in [5, 5.41) is 9.42. The van der Waals surface area contributed by atoms with E-state index >= 15 is 0 Å². The number of nitrogens with zero attached hydrogens (tertiary/aromatic N) is 1. The molecule has 1 atom stereocenters. The summed E-state index contributed by atoms with van der Waals surface area (Å²) in [6.45, 7) is 1.96. The number of hydrogen-bond donors (Lipinski definition) is 2. The lowest BCUT2D eigenvalue weighted by molar-refractivity contribution is 0.0326. The van der Waals surface area contributed by atoms with E-state index in [0.29, 0.717) is 6.42 Å². The zero-order valence-electron chi connectivity index (χ0n) is 6.51. The number of aliphatic hydroxyl groups is 1. The lowest BCUT2D eigenvalue weighted by Crippen LogP contribution is -2.40.